The number of nitrogens with two attached hydrogens (primary N) is 1. The topological polar surface area (TPSA) is 55.1 Å². The van der Waals surface area contributed by atoms with Crippen molar-refractivity contribution in [3.63, 3.8) is 0 Å². The number of nitrogens with one attached hydrogen (secondary N) is 1. The van der Waals surface area contributed by atoms with Gasteiger partial charge in [-0.15, -0.1) is 11.3 Å². The Morgan fingerprint density at radius 3 is 2.92 bits per heavy atom. The first-order valence-electron chi connectivity index (χ1n) is 4.20. The summed E-state index contributed by atoms with van der Waals surface area (Å²) < 4.78 is 0. The van der Waals surface area contributed by atoms with Crippen LogP contribution < -0.4 is 11.1 Å². The smallest absolute Gasteiger partial charge is 0.261 e. The first kappa shape index (κ1) is 10.2. The lowest BCUT2D eigenvalue weighted by molar-refractivity contribution is 0.0945. The second kappa shape index (κ2) is 4.39. The van der Waals surface area contributed by atoms with Crippen molar-refractivity contribution in [2.24, 2.45) is 5.73 Å². The molecule has 1 atom stereocenters. The number of aryl methyl sites for hydroxylation is 1. The fraction of sp³-hybridized carbons (Fsp3) is 0.444. The van der Waals surface area contributed by atoms with Crippen molar-refractivity contribution in [2.75, 3.05) is 6.54 Å². The largest absolute Gasteiger partial charge is 0.348 e. The van der Waals surface area contributed by atoms with Crippen LogP contribution in [0.2, 0.25) is 0 Å². The van der Waals surface area contributed by atoms with E-state index >= 15 is 0 Å². The van der Waals surface area contributed by atoms with E-state index in [9.17, 15) is 4.79 Å². The molecule has 0 bridgehead atoms. The molecule has 13 heavy (non-hydrogen) atoms. The Kier molecular flexibility index (Phi) is 3.45. The van der Waals surface area contributed by atoms with E-state index in [0.717, 1.165) is 10.4 Å². The van der Waals surface area contributed by atoms with Gasteiger partial charge in [0, 0.05) is 12.6 Å². The summed E-state index contributed by atoms with van der Waals surface area (Å²) in [4.78, 5) is 12.3. The molecule has 1 amide bonds. The fourth-order valence-corrected chi connectivity index (χ4v) is 1.78. The van der Waals surface area contributed by atoms with Crippen LogP contribution in [-0.2, 0) is 0 Å². The average molecular weight is 198 g/mol. The maximum absolute atomic E-state index is 11.5. The molecule has 0 aliphatic heterocycles. The molecule has 0 aliphatic rings. The van der Waals surface area contributed by atoms with Gasteiger partial charge in [0.25, 0.3) is 5.91 Å². The van der Waals surface area contributed by atoms with Gasteiger partial charge in [0.1, 0.15) is 0 Å². The Morgan fingerprint density at radius 1 is 1.77 bits per heavy atom. The molecule has 1 aromatic heterocycles. The molecule has 0 fully saturated rings. The number of thiophene rings is 1. The monoisotopic (exact) mass is 198 g/mol. The molecule has 72 valence electrons. The first-order chi connectivity index (χ1) is 6.15. The number of amides is 1. The van der Waals surface area contributed by atoms with E-state index in [0.29, 0.717) is 6.54 Å². The van der Waals surface area contributed by atoms with Crippen LogP contribution in [0, 0.1) is 6.92 Å². The van der Waals surface area contributed by atoms with Gasteiger partial charge in [-0.2, -0.15) is 0 Å². The Balaban J connectivity index is 2.64. The highest BCUT2D eigenvalue weighted by Gasteiger charge is 2.11. The SMILES string of the molecule is Cc1ccsc1C(=O)N[C@@H](C)CN. The molecule has 1 rings (SSSR count). The van der Waals surface area contributed by atoms with Gasteiger partial charge in [-0.05, 0) is 30.9 Å². The van der Waals surface area contributed by atoms with Crippen molar-refractivity contribution >= 4 is 17.2 Å². The predicted molar refractivity (Wildman–Crippen MR) is 55.0 cm³/mol. The van der Waals surface area contributed by atoms with Crippen molar-refractivity contribution in [3.05, 3.63) is 21.9 Å². The molecule has 3 nitrogen and oxygen atoms in total. The number of carbonyl (C=O) groups is 1. The van der Waals surface area contributed by atoms with Gasteiger partial charge < -0.3 is 11.1 Å². The van der Waals surface area contributed by atoms with Crippen molar-refractivity contribution in [1.29, 1.82) is 0 Å². The van der Waals surface area contributed by atoms with Gasteiger partial charge in [-0.25, -0.2) is 0 Å². The zero-order valence-electron chi connectivity index (χ0n) is 7.83. The number of rotatable bonds is 3. The summed E-state index contributed by atoms with van der Waals surface area (Å²) >= 11 is 1.46. The fourth-order valence-electron chi connectivity index (χ4n) is 0.954. The van der Waals surface area contributed by atoms with E-state index in [1.165, 1.54) is 11.3 Å². The van der Waals surface area contributed by atoms with Crippen LogP contribution in [-0.4, -0.2) is 18.5 Å². The quantitative estimate of drug-likeness (QED) is 0.765. The van der Waals surface area contributed by atoms with E-state index in [2.05, 4.69) is 5.32 Å². The molecule has 0 aliphatic carbocycles. The van der Waals surface area contributed by atoms with Crippen molar-refractivity contribution < 1.29 is 4.79 Å². The van der Waals surface area contributed by atoms with E-state index in [-0.39, 0.29) is 11.9 Å². The van der Waals surface area contributed by atoms with E-state index in [1.807, 2.05) is 25.3 Å². The number of hydrogen-bond acceptors (Lipinski definition) is 3. The summed E-state index contributed by atoms with van der Waals surface area (Å²) in [7, 11) is 0. The second-order valence-corrected chi connectivity index (χ2v) is 3.96. The zero-order chi connectivity index (χ0) is 9.84. The third-order valence-corrected chi connectivity index (χ3v) is 2.81. The van der Waals surface area contributed by atoms with E-state index in [4.69, 9.17) is 5.73 Å². The molecule has 0 unspecified atom stereocenters. The Bertz CT molecular complexity index is 296. The third-order valence-electron chi connectivity index (χ3n) is 1.80. The average Bonchev–Trinajstić information content (AvgIpc) is 2.51. The van der Waals surface area contributed by atoms with Crippen LogP contribution in [0.5, 0.6) is 0 Å². The number of carbonyl (C=O) groups excluding carboxylic acids is 1. The molecular weight excluding hydrogens is 184 g/mol. The van der Waals surface area contributed by atoms with Crippen LogP contribution in [0.15, 0.2) is 11.4 Å². The summed E-state index contributed by atoms with van der Waals surface area (Å²) in [6, 6.07) is 1.97. The van der Waals surface area contributed by atoms with Crippen molar-refractivity contribution in [3.8, 4) is 0 Å². The molecule has 0 saturated heterocycles. The minimum atomic E-state index is -0.0227. The second-order valence-electron chi connectivity index (χ2n) is 3.04. The molecule has 4 heteroatoms. The maximum atomic E-state index is 11.5. The first-order valence-corrected chi connectivity index (χ1v) is 5.08. The standard InChI is InChI=1S/C9H14N2OS/c1-6-3-4-13-8(6)9(12)11-7(2)5-10/h3-4,7H,5,10H2,1-2H3,(H,11,12)/t7-/m0/s1. The molecule has 0 saturated carbocycles. The van der Waals surface area contributed by atoms with Gasteiger partial charge >= 0.3 is 0 Å². The summed E-state index contributed by atoms with van der Waals surface area (Å²) in [6.45, 7) is 4.29. The molecule has 1 aromatic rings. The van der Waals surface area contributed by atoms with E-state index in [1.54, 1.807) is 0 Å². The van der Waals surface area contributed by atoms with Gasteiger partial charge in [0.05, 0.1) is 4.88 Å². The van der Waals surface area contributed by atoms with Crippen LogP contribution in [0.4, 0.5) is 0 Å². The molecule has 3 N–H and O–H groups in total. The Labute approximate surface area is 81.9 Å². The van der Waals surface area contributed by atoms with Gasteiger partial charge in [-0.1, -0.05) is 0 Å². The summed E-state index contributed by atoms with van der Waals surface area (Å²) in [5.41, 5.74) is 6.42. The highest BCUT2D eigenvalue weighted by molar-refractivity contribution is 7.12. The predicted octanol–water partition coefficient (Wildman–Crippen LogP) is 1.13. The highest BCUT2D eigenvalue weighted by Crippen LogP contribution is 2.14. The maximum Gasteiger partial charge on any atom is 0.261 e. The van der Waals surface area contributed by atoms with E-state index < -0.39 is 0 Å². The van der Waals surface area contributed by atoms with Crippen molar-refractivity contribution in [1.82, 2.24) is 5.32 Å². The summed E-state index contributed by atoms with van der Waals surface area (Å²) in [6.07, 6.45) is 0. The normalized spacial score (nSPS) is 12.5. The van der Waals surface area contributed by atoms with Gasteiger partial charge in [0.15, 0.2) is 0 Å². The molecule has 0 spiro atoms. The Hall–Kier alpha value is -0.870. The highest BCUT2D eigenvalue weighted by atomic mass is 32.1. The lowest BCUT2D eigenvalue weighted by Gasteiger charge is -2.10. The summed E-state index contributed by atoms with van der Waals surface area (Å²) in [5.74, 6) is -0.0227. The molecule has 0 aromatic carbocycles. The minimum Gasteiger partial charge on any atom is -0.348 e. The van der Waals surface area contributed by atoms with Crippen molar-refractivity contribution in [2.45, 2.75) is 19.9 Å². The molecular formula is C9H14N2OS. The number of hydrogen-bond donors (Lipinski definition) is 2. The minimum absolute atomic E-state index is 0.0227. The molecule has 1 heterocycles. The molecule has 0 radical (unpaired) electrons. The third kappa shape index (κ3) is 2.54. The van der Waals surface area contributed by atoms with Crippen LogP contribution in [0.3, 0.4) is 0 Å². The Morgan fingerprint density at radius 2 is 2.46 bits per heavy atom. The van der Waals surface area contributed by atoms with Gasteiger partial charge in [-0.3, -0.25) is 4.79 Å². The van der Waals surface area contributed by atoms with Crippen LogP contribution in [0.25, 0.3) is 0 Å². The van der Waals surface area contributed by atoms with Crippen LogP contribution in [0.1, 0.15) is 22.2 Å². The van der Waals surface area contributed by atoms with Crippen LogP contribution >= 0.6 is 11.3 Å². The lowest BCUT2D eigenvalue weighted by atomic mass is 10.2. The summed E-state index contributed by atoms with van der Waals surface area (Å²) in [5, 5.41) is 4.73. The van der Waals surface area contributed by atoms with Gasteiger partial charge in [0.2, 0.25) is 0 Å². The zero-order valence-corrected chi connectivity index (χ0v) is 8.65. The lowest BCUT2D eigenvalue weighted by Crippen LogP contribution is -2.37.